The number of hydrogen-bond donors (Lipinski definition) is 2. The van der Waals surface area contributed by atoms with E-state index in [4.69, 9.17) is 9.84 Å². The van der Waals surface area contributed by atoms with E-state index in [1.807, 2.05) is 35.2 Å². The molecule has 98 valence electrons. The van der Waals surface area contributed by atoms with E-state index < -0.39 is 18.1 Å². The summed E-state index contributed by atoms with van der Waals surface area (Å²) in [5, 5.41) is 18.9. The van der Waals surface area contributed by atoms with E-state index in [9.17, 15) is 9.90 Å². The molecule has 0 saturated carbocycles. The minimum absolute atomic E-state index is 0.521. The Balaban J connectivity index is 2.25. The Labute approximate surface area is 106 Å². The second-order valence-electron chi connectivity index (χ2n) is 4.29. The van der Waals surface area contributed by atoms with Gasteiger partial charge in [-0.15, -0.1) is 0 Å². The van der Waals surface area contributed by atoms with E-state index in [-0.39, 0.29) is 0 Å². The number of carboxylic acid groups (broad SMARTS) is 1. The van der Waals surface area contributed by atoms with Crippen LogP contribution >= 0.6 is 0 Å². The van der Waals surface area contributed by atoms with Crippen LogP contribution in [0, 0.1) is 0 Å². The molecule has 2 rings (SSSR count). The van der Waals surface area contributed by atoms with Gasteiger partial charge in [0, 0.05) is 13.1 Å². The van der Waals surface area contributed by atoms with Crippen molar-refractivity contribution in [3.8, 4) is 0 Å². The van der Waals surface area contributed by atoms with Crippen molar-refractivity contribution in [3.05, 3.63) is 35.9 Å². The first-order valence-electron chi connectivity index (χ1n) is 5.98. The van der Waals surface area contributed by atoms with Crippen molar-refractivity contribution in [2.75, 3.05) is 26.3 Å². The van der Waals surface area contributed by atoms with Crippen LogP contribution in [0.3, 0.4) is 0 Å². The number of nitrogens with zero attached hydrogens (tertiary/aromatic N) is 1. The second-order valence-corrected chi connectivity index (χ2v) is 4.29. The molecule has 18 heavy (non-hydrogen) atoms. The van der Waals surface area contributed by atoms with Crippen molar-refractivity contribution in [1.82, 2.24) is 4.90 Å². The molecule has 1 aromatic rings. The number of rotatable bonds is 4. The lowest BCUT2D eigenvalue weighted by Gasteiger charge is -2.36. The molecule has 0 radical (unpaired) electrons. The molecule has 0 amide bonds. The molecule has 2 unspecified atom stereocenters. The lowest BCUT2D eigenvalue weighted by Crippen LogP contribution is -2.45. The van der Waals surface area contributed by atoms with E-state index in [1.54, 1.807) is 0 Å². The molecule has 1 aromatic carbocycles. The number of aliphatic hydroxyl groups is 1. The summed E-state index contributed by atoms with van der Waals surface area (Å²) in [5.74, 6) is -1.20. The lowest BCUT2D eigenvalue weighted by atomic mass is 9.99. The van der Waals surface area contributed by atoms with Crippen LogP contribution in [0.15, 0.2) is 30.3 Å². The van der Waals surface area contributed by atoms with Gasteiger partial charge >= 0.3 is 5.97 Å². The van der Waals surface area contributed by atoms with Gasteiger partial charge in [-0.25, -0.2) is 4.79 Å². The molecule has 1 saturated heterocycles. The Morgan fingerprint density at radius 3 is 2.39 bits per heavy atom. The highest BCUT2D eigenvalue weighted by atomic mass is 16.5. The molecule has 1 aliphatic heterocycles. The van der Waals surface area contributed by atoms with E-state index in [1.165, 1.54) is 0 Å². The van der Waals surface area contributed by atoms with Gasteiger partial charge in [0.05, 0.1) is 19.3 Å². The highest BCUT2D eigenvalue weighted by Crippen LogP contribution is 2.25. The molecular formula is C13H17NO4. The summed E-state index contributed by atoms with van der Waals surface area (Å²) in [6, 6.07) is 8.72. The fourth-order valence-corrected chi connectivity index (χ4v) is 2.23. The Morgan fingerprint density at radius 1 is 1.22 bits per heavy atom. The van der Waals surface area contributed by atoms with Gasteiger partial charge in [0.1, 0.15) is 0 Å². The molecule has 2 atom stereocenters. The predicted molar refractivity (Wildman–Crippen MR) is 65.2 cm³/mol. The van der Waals surface area contributed by atoms with Gasteiger partial charge in [-0.2, -0.15) is 0 Å². The topological polar surface area (TPSA) is 70.0 Å². The number of morpholine rings is 1. The summed E-state index contributed by atoms with van der Waals surface area (Å²) in [6.07, 6.45) is -1.43. The molecule has 1 fully saturated rings. The average molecular weight is 251 g/mol. The van der Waals surface area contributed by atoms with Crippen molar-refractivity contribution in [3.63, 3.8) is 0 Å². The number of carbonyl (C=O) groups is 1. The third kappa shape index (κ3) is 2.87. The SMILES string of the molecule is O=C(O)C(O)C(c1ccccc1)N1CCOCC1. The first kappa shape index (κ1) is 13.0. The molecular weight excluding hydrogens is 234 g/mol. The quantitative estimate of drug-likeness (QED) is 0.815. The van der Waals surface area contributed by atoms with Crippen LogP contribution in [0.4, 0.5) is 0 Å². The van der Waals surface area contributed by atoms with E-state index in [2.05, 4.69) is 0 Å². The van der Waals surface area contributed by atoms with Crippen LogP contribution in [0.2, 0.25) is 0 Å². The number of hydrogen-bond acceptors (Lipinski definition) is 4. The maximum atomic E-state index is 11.0. The Kier molecular flexibility index (Phi) is 4.30. The smallest absolute Gasteiger partial charge is 0.334 e. The lowest BCUT2D eigenvalue weighted by molar-refractivity contribution is -0.152. The fourth-order valence-electron chi connectivity index (χ4n) is 2.23. The zero-order valence-corrected chi connectivity index (χ0v) is 10.0. The summed E-state index contributed by atoms with van der Waals surface area (Å²) in [4.78, 5) is 13.0. The molecule has 1 heterocycles. The number of ether oxygens (including phenoxy) is 1. The summed E-state index contributed by atoms with van der Waals surface area (Å²) < 4.78 is 5.26. The number of carboxylic acids is 1. The van der Waals surface area contributed by atoms with Crippen molar-refractivity contribution in [2.24, 2.45) is 0 Å². The number of aliphatic carboxylic acids is 1. The molecule has 2 N–H and O–H groups in total. The summed E-state index contributed by atoms with van der Waals surface area (Å²) in [5.41, 5.74) is 0.814. The normalized spacial score (nSPS) is 20.3. The van der Waals surface area contributed by atoms with Gasteiger partial charge in [0.2, 0.25) is 0 Å². The Hall–Kier alpha value is -1.43. The summed E-state index contributed by atoms with van der Waals surface area (Å²) in [7, 11) is 0. The third-order valence-corrected chi connectivity index (χ3v) is 3.13. The molecule has 5 nitrogen and oxygen atoms in total. The largest absolute Gasteiger partial charge is 0.479 e. The van der Waals surface area contributed by atoms with Crippen molar-refractivity contribution in [1.29, 1.82) is 0 Å². The van der Waals surface area contributed by atoms with Crippen LogP contribution in [0.25, 0.3) is 0 Å². The van der Waals surface area contributed by atoms with Gasteiger partial charge in [-0.3, -0.25) is 4.90 Å². The Bertz CT molecular complexity index is 389. The number of benzene rings is 1. The van der Waals surface area contributed by atoms with Gasteiger partial charge in [-0.05, 0) is 5.56 Å². The van der Waals surface area contributed by atoms with Gasteiger partial charge < -0.3 is 14.9 Å². The van der Waals surface area contributed by atoms with Crippen molar-refractivity contribution in [2.45, 2.75) is 12.1 Å². The van der Waals surface area contributed by atoms with E-state index in [0.717, 1.165) is 5.56 Å². The first-order chi connectivity index (χ1) is 8.70. The standard InChI is InChI=1S/C13H17NO4/c15-12(13(16)17)11(10-4-2-1-3-5-10)14-6-8-18-9-7-14/h1-5,11-12,15H,6-9H2,(H,16,17). The van der Waals surface area contributed by atoms with Gasteiger partial charge in [0.15, 0.2) is 6.10 Å². The molecule has 0 bridgehead atoms. The van der Waals surface area contributed by atoms with E-state index >= 15 is 0 Å². The second kappa shape index (κ2) is 5.95. The van der Waals surface area contributed by atoms with Crippen LogP contribution in [-0.4, -0.2) is 53.5 Å². The van der Waals surface area contributed by atoms with Crippen LogP contribution in [0.5, 0.6) is 0 Å². The predicted octanol–water partition coefficient (Wildman–Crippen LogP) is 0.505. The zero-order valence-electron chi connectivity index (χ0n) is 10.0. The average Bonchev–Trinajstić information content (AvgIpc) is 2.41. The van der Waals surface area contributed by atoms with Crippen LogP contribution in [0.1, 0.15) is 11.6 Å². The molecule has 0 aliphatic carbocycles. The fraction of sp³-hybridized carbons (Fsp3) is 0.462. The van der Waals surface area contributed by atoms with Crippen molar-refractivity contribution >= 4 is 5.97 Å². The molecule has 5 heteroatoms. The van der Waals surface area contributed by atoms with Gasteiger partial charge in [0.25, 0.3) is 0 Å². The van der Waals surface area contributed by atoms with E-state index in [0.29, 0.717) is 26.3 Å². The number of aliphatic hydroxyl groups excluding tert-OH is 1. The minimum atomic E-state index is -1.43. The van der Waals surface area contributed by atoms with Gasteiger partial charge in [-0.1, -0.05) is 30.3 Å². The Morgan fingerprint density at radius 2 is 1.83 bits per heavy atom. The highest BCUT2D eigenvalue weighted by molar-refractivity contribution is 5.73. The molecule has 0 aromatic heterocycles. The minimum Gasteiger partial charge on any atom is -0.479 e. The maximum Gasteiger partial charge on any atom is 0.334 e. The van der Waals surface area contributed by atoms with Crippen LogP contribution in [-0.2, 0) is 9.53 Å². The summed E-state index contributed by atoms with van der Waals surface area (Å²) >= 11 is 0. The first-order valence-corrected chi connectivity index (χ1v) is 5.98. The molecule has 1 aliphatic rings. The molecule has 0 spiro atoms. The summed E-state index contributed by atoms with van der Waals surface area (Å²) in [6.45, 7) is 2.39. The monoisotopic (exact) mass is 251 g/mol. The zero-order chi connectivity index (χ0) is 13.0. The van der Waals surface area contributed by atoms with Crippen molar-refractivity contribution < 1.29 is 19.7 Å². The third-order valence-electron chi connectivity index (χ3n) is 3.13. The maximum absolute atomic E-state index is 11.0. The highest BCUT2D eigenvalue weighted by Gasteiger charge is 2.33. The van der Waals surface area contributed by atoms with Crippen LogP contribution < -0.4 is 0 Å².